The second-order valence-corrected chi connectivity index (χ2v) is 3.33. The molecule has 0 aliphatic heterocycles. The quantitative estimate of drug-likeness (QED) is 0.692. The maximum absolute atomic E-state index is 12.8. The predicted octanol–water partition coefficient (Wildman–Crippen LogP) is 3.51. The first-order chi connectivity index (χ1) is 6.27. The van der Waals surface area contributed by atoms with Gasteiger partial charge in [-0.25, -0.2) is 4.39 Å². The van der Waals surface area contributed by atoms with Gasteiger partial charge in [-0.1, -0.05) is 20.3 Å². The van der Waals surface area contributed by atoms with E-state index in [-0.39, 0.29) is 5.82 Å². The zero-order chi connectivity index (χ0) is 9.68. The van der Waals surface area contributed by atoms with Crippen LogP contribution in [-0.4, -0.2) is 4.98 Å². The highest BCUT2D eigenvalue weighted by Crippen LogP contribution is 2.23. The van der Waals surface area contributed by atoms with Crippen LogP contribution in [0.2, 0.25) is 0 Å². The first-order valence-corrected chi connectivity index (χ1v) is 4.88. The number of aromatic nitrogens is 1. The molecule has 1 nitrogen and oxygen atoms in total. The smallest absolute Gasteiger partial charge is 0.141 e. The minimum atomic E-state index is -0.230. The molecule has 0 aliphatic carbocycles. The van der Waals surface area contributed by atoms with Crippen molar-refractivity contribution >= 4 is 0 Å². The summed E-state index contributed by atoms with van der Waals surface area (Å²) in [6, 6.07) is 1.59. The fourth-order valence-electron chi connectivity index (χ4n) is 1.61. The van der Waals surface area contributed by atoms with E-state index in [2.05, 4.69) is 18.8 Å². The fraction of sp³-hybridized carbons (Fsp3) is 0.545. The average Bonchev–Trinajstić information content (AvgIpc) is 2.14. The summed E-state index contributed by atoms with van der Waals surface area (Å²) in [7, 11) is 0. The Bertz CT molecular complexity index is 260. The molecule has 0 fully saturated rings. The molecule has 1 rings (SSSR count). The molecule has 0 aliphatic rings. The van der Waals surface area contributed by atoms with Crippen LogP contribution in [0.15, 0.2) is 18.5 Å². The van der Waals surface area contributed by atoms with Gasteiger partial charge in [0, 0.05) is 6.20 Å². The molecule has 2 heteroatoms. The summed E-state index contributed by atoms with van der Waals surface area (Å²) in [5.74, 6) is 0.236. The van der Waals surface area contributed by atoms with E-state index in [4.69, 9.17) is 0 Å². The Labute approximate surface area is 79.0 Å². The Morgan fingerprint density at radius 2 is 2.15 bits per heavy atom. The fourth-order valence-corrected chi connectivity index (χ4v) is 1.61. The van der Waals surface area contributed by atoms with Crippen molar-refractivity contribution in [2.75, 3.05) is 0 Å². The molecule has 0 N–H and O–H groups in total. The van der Waals surface area contributed by atoms with Crippen molar-refractivity contribution in [3.05, 3.63) is 29.8 Å². The van der Waals surface area contributed by atoms with E-state index >= 15 is 0 Å². The highest BCUT2D eigenvalue weighted by molar-refractivity contribution is 5.15. The van der Waals surface area contributed by atoms with E-state index in [0.29, 0.717) is 5.92 Å². The minimum Gasteiger partial charge on any atom is -0.261 e. The number of nitrogens with zero attached hydrogens (tertiary/aromatic N) is 1. The Hall–Kier alpha value is -0.920. The van der Waals surface area contributed by atoms with Crippen molar-refractivity contribution in [2.45, 2.75) is 39.0 Å². The Morgan fingerprint density at radius 3 is 2.69 bits per heavy atom. The summed E-state index contributed by atoms with van der Waals surface area (Å²) in [5.41, 5.74) is 1.03. The van der Waals surface area contributed by atoms with Crippen molar-refractivity contribution in [2.24, 2.45) is 0 Å². The zero-order valence-electron chi connectivity index (χ0n) is 8.26. The van der Waals surface area contributed by atoms with Crippen LogP contribution in [0.1, 0.15) is 44.6 Å². The molecule has 1 atom stereocenters. The summed E-state index contributed by atoms with van der Waals surface area (Å²) in [5, 5.41) is 0. The standard InChI is InChI=1S/C11H16FN/c1-3-5-9(4-2)10-6-11(12)8-13-7-10/h6-9H,3-5H2,1-2H3. The summed E-state index contributed by atoms with van der Waals surface area (Å²) >= 11 is 0. The lowest BCUT2D eigenvalue weighted by molar-refractivity contribution is 0.576. The minimum absolute atomic E-state index is 0.230. The van der Waals surface area contributed by atoms with E-state index in [1.165, 1.54) is 6.20 Å². The zero-order valence-corrected chi connectivity index (χ0v) is 8.26. The monoisotopic (exact) mass is 181 g/mol. The highest BCUT2D eigenvalue weighted by Gasteiger charge is 2.08. The van der Waals surface area contributed by atoms with Gasteiger partial charge in [0.25, 0.3) is 0 Å². The van der Waals surface area contributed by atoms with Gasteiger partial charge in [0.15, 0.2) is 0 Å². The molecule has 0 spiro atoms. The number of hydrogen-bond acceptors (Lipinski definition) is 1. The third-order valence-electron chi connectivity index (χ3n) is 2.33. The topological polar surface area (TPSA) is 12.9 Å². The summed E-state index contributed by atoms with van der Waals surface area (Å²) in [4.78, 5) is 3.86. The molecule has 0 saturated heterocycles. The molecular weight excluding hydrogens is 165 g/mol. The maximum Gasteiger partial charge on any atom is 0.141 e. The molecule has 1 aromatic heterocycles. The first-order valence-electron chi connectivity index (χ1n) is 4.88. The number of rotatable bonds is 4. The van der Waals surface area contributed by atoms with Crippen LogP contribution in [0.25, 0.3) is 0 Å². The lowest BCUT2D eigenvalue weighted by atomic mass is 9.93. The molecule has 0 bridgehead atoms. The predicted molar refractivity (Wildman–Crippen MR) is 52.1 cm³/mol. The van der Waals surface area contributed by atoms with Crippen LogP contribution in [0.3, 0.4) is 0 Å². The van der Waals surface area contributed by atoms with Crippen molar-refractivity contribution < 1.29 is 4.39 Å². The molecule has 1 aromatic rings. The van der Waals surface area contributed by atoms with Crippen molar-refractivity contribution in [1.29, 1.82) is 0 Å². The Balaban J connectivity index is 2.78. The Kier molecular flexibility index (Phi) is 3.87. The summed E-state index contributed by atoms with van der Waals surface area (Å²) in [6.45, 7) is 4.28. The molecule has 1 heterocycles. The van der Waals surface area contributed by atoms with E-state index in [1.807, 2.05) is 0 Å². The number of pyridine rings is 1. The van der Waals surface area contributed by atoms with Crippen LogP contribution < -0.4 is 0 Å². The molecule has 0 radical (unpaired) electrons. The highest BCUT2D eigenvalue weighted by atomic mass is 19.1. The van der Waals surface area contributed by atoms with Gasteiger partial charge < -0.3 is 0 Å². The van der Waals surface area contributed by atoms with Crippen LogP contribution in [0.5, 0.6) is 0 Å². The average molecular weight is 181 g/mol. The second kappa shape index (κ2) is 4.95. The van der Waals surface area contributed by atoms with E-state index < -0.39 is 0 Å². The van der Waals surface area contributed by atoms with Crippen LogP contribution in [0, 0.1) is 5.82 Å². The van der Waals surface area contributed by atoms with Gasteiger partial charge in [-0.15, -0.1) is 0 Å². The van der Waals surface area contributed by atoms with Crippen LogP contribution >= 0.6 is 0 Å². The summed E-state index contributed by atoms with van der Waals surface area (Å²) < 4.78 is 12.8. The van der Waals surface area contributed by atoms with Gasteiger partial charge in [0.05, 0.1) is 6.20 Å². The maximum atomic E-state index is 12.8. The molecular formula is C11H16FN. The molecule has 13 heavy (non-hydrogen) atoms. The molecule has 0 aromatic carbocycles. The van der Waals surface area contributed by atoms with Gasteiger partial charge >= 0.3 is 0 Å². The normalized spacial score (nSPS) is 12.8. The van der Waals surface area contributed by atoms with E-state index in [0.717, 1.165) is 24.8 Å². The van der Waals surface area contributed by atoms with E-state index in [9.17, 15) is 4.39 Å². The van der Waals surface area contributed by atoms with Crippen LogP contribution in [0.4, 0.5) is 4.39 Å². The molecule has 0 saturated carbocycles. The lowest BCUT2D eigenvalue weighted by Gasteiger charge is -2.13. The SMILES string of the molecule is CCCC(CC)c1cncc(F)c1. The lowest BCUT2D eigenvalue weighted by Crippen LogP contribution is -1.98. The Morgan fingerprint density at radius 1 is 1.38 bits per heavy atom. The van der Waals surface area contributed by atoms with Crippen molar-refractivity contribution in [1.82, 2.24) is 4.98 Å². The van der Waals surface area contributed by atoms with Crippen molar-refractivity contribution in [3.63, 3.8) is 0 Å². The second-order valence-electron chi connectivity index (χ2n) is 3.33. The van der Waals surface area contributed by atoms with Crippen molar-refractivity contribution in [3.8, 4) is 0 Å². The number of halogens is 1. The molecule has 1 unspecified atom stereocenters. The van der Waals surface area contributed by atoms with Gasteiger partial charge in [0.2, 0.25) is 0 Å². The molecule has 0 amide bonds. The van der Waals surface area contributed by atoms with Gasteiger partial charge in [0.1, 0.15) is 5.82 Å². The van der Waals surface area contributed by atoms with E-state index in [1.54, 1.807) is 12.3 Å². The third-order valence-corrected chi connectivity index (χ3v) is 2.33. The van der Waals surface area contributed by atoms with Gasteiger partial charge in [-0.2, -0.15) is 0 Å². The van der Waals surface area contributed by atoms with Gasteiger partial charge in [-0.3, -0.25) is 4.98 Å². The molecule has 72 valence electrons. The first kappa shape index (κ1) is 10.2. The van der Waals surface area contributed by atoms with Crippen LogP contribution in [-0.2, 0) is 0 Å². The summed E-state index contributed by atoms with van der Waals surface area (Å²) in [6.07, 6.45) is 6.32. The van der Waals surface area contributed by atoms with Gasteiger partial charge in [-0.05, 0) is 30.4 Å². The largest absolute Gasteiger partial charge is 0.261 e. The number of hydrogen-bond donors (Lipinski definition) is 0. The third kappa shape index (κ3) is 2.79.